The van der Waals surface area contributed by atoms with Gasteiger partial charge in [-0.15, -0.1) is 0 Å². The van der Waals surface area contributed by atoms with Crippen LogP contribution in [0.5, 0.6) is 0 Å². The van der Waals surface area contributed by atoms with E-state index in [1.54, 1.807) is 0 Å². The second kappa shape index (κ2) is 3.68. The number of rotatable bonds is 1. The summed E-state index contributed by atoms with van der Waals surface area (Å²) >= 11 is 1.84. The lowest BCUT2D eigenvalue weighted by molar-refractivity contribution is 0.385. The van der Waals surface area contributed by atoms with Gasteiger partial charge in [0.25, 0.3) is 0 Å². The smallest absolute Gasteiger partial charge is 0.151 e. The Morgan fingerprint density at radius 3 is 2.93 bits per heavy atom. The molecule has 0 bridgehead atoms. The van der Waals surface area contributed by atoms with Gasteiger partial charge in [0.15, 0.2) is 9.84 Å². The van der Waals surface area contributed by atoms with Gasteiger partial charge in [-0.3, -0.25) is 0 Å². The molecule has 0 saturated carbocycles. The lowest BCUT2D eigenvalue weighted by Crippen LogP contribution is -2.45. The minimum Gasteiger partial charge on any atom is -0.330 e. The average molecular weight is 235 g/mol. The van der Waals surface area contributed by atoms with Gasteiger partial charge in [0.2, 0.25) is 0 Å². The summed E-state index contributed by atoms with van der Waals surface area (Å²) in [6.45, 7) is 0.641. The molecular formula is C9H17NO2S2. The third-order valence-electron chi connectivity index (χ3n) is 3.40. The molecule has 1 spiro atoms. The summed E-state index contributed by atoms with van der Waals surface area (Å²) in [5, 5.41) is 0. The Morgan fingerprint density at radius 2 is 2.29 bits per heavy atom. The van der Waals surface area contributed by atoms with Crippen LogP contribution in [0.4, 0.5) is 0 Å². The fraction of sp³-hybridized carbons (Fsp3) is 1.00. The second-order valence-electron chi connectivity index (χ2n) is 4.33. The number of thioether (sulfide) groups is 1. The predicted molar refractivity (Wildman–Crippen MR) is 60.2 cm³/mol. The van der Waals surface area contributed by atoms with E-state index in [-0.39, 0.29) is 4.75 Å². The minimum atomic E-state index is -2.79. The SMILES string of the molecule is NCC1CCSC12CCCS(=O)(=O)C2. The zero-order valence-corrected chi connectivity index (χ0v) is 9.87. The monoisotopic (exact) mass is 235 g/mol. The molecule has 0 aromatic heterocycles. The molecule has 2 saturated heterocycles. The van der Waals surface area contributed by atoms with E-state index in [2.05, 4.69) is 0 Å². The van der Waals surface area contributed by atoms with Gasteiger partial charge in [0.1, 0.15) is 0 Å². The van der Waals surface area contributed by atoms with Crippen molar-refractivity contribution >= 4 is 21.6 Å². The molecule has 3 nitrogen and oxygen atoms in total. The fourth-order valence-electron chi connectivity index (χ4n) is 2.66. The van der Waals surface area contributed by atoms with Crippen molar-refractivity contribution in [1.82, 2.24) is 0 Å². The van der Waals surface area contributed by atoms with Crippen molar-refractivity contribution in [2.24, 2.45) is 11.7 Å². The molecule has 0 aromatic rings. The largest absolute Gasteiger partial charge is 0.330 e. The van der Waals surface area contributed by atoms with Crippen LogP contribution in [0.15, 0.2) is 0 Å². The highest BCUT2D eigenvalue weighted by Crippen LogP contribution is 2.48. The van der Waals surface area contributed by atoms with E-state index in [1.165, 1.54) is 0 Å². The Labute approximate surface area is 89.7 Å². The van der Waals surface area contributed by atoms with Crippen molar-refractivity contribution in [3.8, 4) is 0 Å². The van der Waals surface area contributed by atoms with Crippen LogP contribution in [0, 0.1) is 5.92 Å². The molecule has 2 rings (SSSR count). The summed E-state index contributed by atoms with van der Waals surface area (Å²) in [7, 11) is -2.79. The normalized spacial score (nSPS) is 41.6. The van der Waals surface area contributed by atoms with Crippen molar-refractivity contribution < 1.29 is 8.42 Å². The maximum absolute atomic E-state index is 11.6. The molecule has 5 heteroatoms. The minimum absolute atomic E-state index is 0.0220. The molecule has 0 aromatic carbocycles. The molecule has 2 unspecified atom stereocenters. The third kappa shape index (κ3) is 1.82. The number of hydrogen-bond donors (Lipinski definition) is 1. The molecule has 0 amide bonds. The van der Waals surface area contributed by atoms with Gasteiger partial charge in [0.05, 0.1) is 11.5 Å². The first-order valence-corrected chi connectivity index (χ1v) is 7.93. The average Bonchev–Trinajstić information content (AvgIpc) is 2.45. The number of sulfone groups is 1. The zero-order chi connectivity index (χ0) is 10.2. The van der Waals surface area contributed by atoms with E-state index in [0.29, 0.717) is 24.0 Å². The van der Waals surface area contributed by atoms with E-state index >= 15 is 0 Å². The Morgan fingerprint density at radius 1 is 1.50 bits per heavy atom. The Balaban J connectivity index is 2.22. The maximum atomic E-state index is 11.6. The van der Waals surface area contributed by atoms with Crippen LogP contribution in [0.1, 0.15) is 19.3 Å². The first-order valence-electron chi connectivity index (χ1n) is 5.12. The molecule has 2 fully saturated rings. The highest BCUT2D eigenvalue weighted by Gasteiger charge is 2.47. The van der Waals surface area contributed by atoms with Crippen LogP contribution < -0.4 is 5.73 Å². The van der Waals surface area contributed by atoms with Crippen molar-refractivity contribution in [2.45, 2.75) is 24.0 Å². The van der Waals surface area contributed by atoms with Crippen LogP contribution in [0.25, 0.3) is 0 Å². The molecule has 2 heterocycles. The zero-order valence-electron chi connectivity index (χ0n) is 8.24. The van der Waals surface area contributed by atoms with Crippen molar-refractivity contribution in [2.75, 3.05) is 23.8 Å². The van der Waals surface area contributed by atoms with Crippen molar-refractivity contribution in [3.05, 3.63) is 0 Å². The number of hydrogen-bond acceptors (Lipinski definition) is 4. The molecule has 2 N–H and O–H groups in total. The van der Waals surface area contributed by atoms with Crippen molar-refractivity contribution in [1.29, 1.82) is 0 Å². The summed E-state index contributed by atoms with van der Waals surface area (Å²) in [6.07, 6.45) is 2.96. The van der Waals surface area contributed by atoms with Crippen LogP contribution in [0.3, 0.4) is 0 Å². The van der Waals surface area contributed by atoms with E-state index < -0.39 is 9.84 Å². The lowest BCUT2D eigenvalue weighted by atomic mass is 9.87. The van der Waals surface area contributed by atoms with Gasteiger partial charge in [-0.2, -0.15) is 11.8 Å². The second-order valence-corrected chi connectivity index (χ2v) is 8.02. The molecule has 14 heavy (non-hydrogen) atoms. The topological polar surface area (TPSA) is 60.2 Å². The van der Waals surface area contributed by atoms with Crippen LogP contribution in [-0.4, -0.2) is 37.0 Å². The standard InChI is InChI=1S/C9H17NO2S2/c10-6-8-2-4-13-9(8)3-1-5-14(11,12)7-9/h8H,1-7,10H2. The van der Waals surface area contributed by atoms with E-state index in [1.807, 2.05) is 11.8 Å². The Hall–Kier alpha value is 0.260. The van der Waals surface area contributed by atoms with Gasteiger partial charge in [-0.25, -0.2) is 8.42 Å². The summed E-state index contributed by atoms with van der Waals surface area (Å²) in [5.74, 6) is 2.25. The van der Waals surface area contributed by atoms with Crippen LogP contribution in [0.2, 0.25) is 0 Å². The third-order valence-corrected chi connectivity index (χ3v) is 7.15. The molecule has 2 atom stereocenters. The Bertz CT molecular complexity index is 315. The highest BCUT2D eigenvalue weighted by molar-refractivity contribution is 8.02. The maximum Gasteiger partial charge on any atom is 0.151 e. The van der Waals surface area contributed by atoms with Gasteiger partial charge in [-0.05, 0) is 37.5 Å². The van der Waals surface area contributed by atoms with Gasteiger partial charge in [0, 0.05) is 4.75 Å². The first kappa shape index (κ1) is 10.8. The van der Waals surface area contributed by atoms with Crippen LogP contribution in [-0.2, 0) is 9.84 Å². The van der Waals surface area contributed by atoms with E-state index in [9.17, 15) is 8.42 Å². The highest BCUT2D eigenvalue weighted by atomic mass is 32.2. The van der Waals surface area contributed by atoms with Crippen LogP contribution >= 0.6 is 11.8 Å². The molecule has 82 valence electrons. The Kier molecular flexibility index (Phi) is 2.83. The molecular weight excluding hydrogens is 218 g/mol. The molecule has 2 aliphatic heterocycles. The quantitative estimate of drug-likeness (QED) is 0.725. The van der Waals surface area contributed by atoms with Crippen molar-refractivity contribution in [3.63, 3.8) is 0 Å². The molecule has 2 aliphatic rings. The van der Waals surface area contributed by atoms with Gasteiger partial charge in [-0.1, -0.05) is 0 Å². The summed E-state index contributed by atoms with van der Waals surface area (Å²) in [6, 6.07) is 0. The number of nitrogens with two attached hydrogens (primary N) is 1. The molecule has 0 aliphatic carbocycles. The summed E-state index contributed by atoms with van der Waals surface area (Å²) in [4.78, 5) is 0. The first-order chi connectivity index (χ1) is 6.58. The molecule has 0 radical (unpaired) electrons. The lowest BCUT2D eigenvalue weighted by Gasteiger charge is -2.37. The van der Waals surface area contributed by atoms with E-state index in [4.69, 9.17) is 5.73 Å². The fourth-order valence-corrected chi connectivity index (χ4v) is 6.93. The van der Waals surface area contributed by atoms with E-state index in [0.717, 1.165) is 25.0 Å². The van der Waals surface area contributed by atoms with Gasteiger partial charge >= 0.3 is 0 Å². The summed E-state index contributed by atoms with van der Waals surface area (Å²) < 4.78 is 23.2. The summed E-state index contributed by atoms with van der Waals surface area (Å²) in [5.41, 5.74) is 5.72. The predicted octanol–water partition coefficient (Wildman–Crippen LogP) is 0.646. The van der Waals surface area contributed by atoms with Gasteiger partial charge < -0.3 is 5.73 Å².